The lowest BCUT2D eigenvalue weighted by Gasteiger charge is -2.36. The maximum atomic E-state index is 14.6. The summed E-state index contributed by atoms with van der Waals surface area (Å²) in [6, 6.07) is 1.92. The Morgan fingerprint density at radius 3 is 2.07 bits per heavy atom. The molecule has 1 aliphatic heterocycles. The first-order valence-corrected chi connectivity index (χ1v) is 13.6. The molecule has 0 radical (unpaired) electrons. The summed E-state index contributed by atoms with van der Waals surface area (Å²) in [5.74, 6) is -1.80. The number of halogens is 10. The van der Waals surface area contributed by atoms with Gasteiger partial charge < -0.3 is 14.2 Å². The van der Waals surface area contributed by atoms with Crippen LogP contribution >= 0.6 is 0 Å². The second kappa shape index (κ2) is 11.9. The normalized spacial score (nSPS) is 20.8. The van der Waals surface area contributed by atoms with Crippen molar-refractivity contribution >= 4 is 11.7 Å². The summed E-state index contributed by atoms with van der Waals surface area (Å²) in [6.45, 7) is 3.34. The van der Waals surface area contributed by atoms with Gasteiger partial charge in [-0.3, -0.25) is 4.90 Å². The van der Waals surface area contributed by atoms with E-state index in [9.17, 15) is 48.7 Å². The van der Waals surface area contributed by atoms with Crippen LogP contribution < -0.4 is 9.47 Å². The van der Waals surface area contributed by atoms with Crippen molar-refractivity contribution in [2.75, 3.05) is 20.3 Å². The molecule has 1 amide bonds. The van der Waals surface area contributed by atoms with E-state index >= 15 is 0 Å². The van der Waals surface area contributed by atoms with Gasteiger partial charge in [-0.1, -0.05) is 13.8 Å². The van der Waals surface area contributed by atoms with Gasteiger partial charge in [0.15, 0.2) is 18.2 Å². The van der Waals surface area contributed by atoms with Gasteiger partial charge in [-0.2, -0.15) is 39.5 Å². The van der Waals surface area contributed by atoms with E-state index < -0.39 is 71.6 Å². The molecule has 4 rings (SSSR count). The number of carbonyl (C=O) groups excluding carboxylic acids is 1. The minimum absolute atomic E-state index is 0.0161. The maximum absolute atomic E-state index is 14.6. The molecule has 0 unspecified atom stereocenters. The molecule has 1 saturated heterocycles. The van der Waals surface area contributed by atoms with Crippen LogP contribution in [0.3, 0.4) is 0 Å². The van der Waals surface area contributed by atoms with E-state index in [0.29, 0.717) is 42.5 Å². The van der Waals surface area contributed by atoms with E-state index in [-0.39, 0.29) is 29.3 Å². The average Bonchev–Trinajstić information content (AvgIpc) is 3.19. The van der Waals surface area contributed by atoms with E-state index in [1.54, 1.807) is 0 Å². The molecule has 15 heteroatoms. The molecule has 0 bridgehead atoms. The third-order valence-electron chi connectivity index (χ3n) is 7.83. The van der Waals surface area contributed by atoms with Crippen LogP contribution in [0.2, 0.25) is 0 Å². The molecule has 248 valence electrons. The van der Waals surface area contributed by atoms with Gasteiger partial charge in [-0.05, 0) is 72.6 Å². The molecule has 2 aromatic carbocycles. The minimum Gasteiger partial charge on any atom is -0.496 e. The molecule has 2 aromatic rings. The Hall–Kier alpha value is -3.65. The molecular formula is C30H29F10NO4. The Bertz CT molecular complexity index is 1440. The van der Waals surface area contributed by atoms with Gasteiger partial charge in [0.05, 0.1) is 24.3 Å². The zero-order valence-electron chi connectivity index (χ0n) is 24.4. The van der Waals surface area contributed by atoms with Crippen LogP contribution in [0.25, 0.3) is 5.57 Å². The number of cyclic esters (lactones) is 1. The van der Waals surface area contributed by atoms with E-state index in [1.165, 1.54) is 14.0 Å². The van der Waals surface area contributed by atoms with Crippen molar-refractivity contribution in [3.05, 3.63) is 64.0 Å². The highest BCUT2D eigenvalue weighted by Crippen LogP contribution is 2.47. The fraction of sp³-hybridized carbons (Fsp3) is 0.500. The highest BCUT2D eigenvalue weighted by atomic mass is 19.4. The lowest BCUT2D eigenvalue weighted by Crippen LogP contribution is -2.35. The minimum atomic E-state index is -5.11. The zero-order chi connectivity index (χ0) is 33.7. The van der Waals surface area contributed by atoms with Crippen LogP contribution in [0.1, 0.15) is 68.4 Å². The zero-order valence-corrected chi connectivity index (χ0v) is 24.4. The summed E-state index contributed by atoms with van der Waals surface area (Å²) in [4.78, 5) is 14.2. The molecule has 0 spiro atoms. The van der Waals surface area contributed by atoms with Crippen LogP contribution in [0.15, 0.2) is 35.9 Å². The Morgan fingerprint density at radius 1 is 0.933 bits per heavy atom. The summed E-state index contributed by atoms with van der Waals surface area (Å²) < 4.78 is 149. The van der Waals surface area contributed by atoms with Crippen molar-refractivity contribution < 1.29 is 62.9 Å². The van der Waals surface area contributed by atoms with Crippen LogP contribution in [0.4, 0.5) is 48.7 Å². The van der Waals surface area contributed by atoms with Crippen molar-refractivity contribution in [2.45, 2.75) is 70.7 Å². The van der Waals surface area contributed by atoms with Crippen LogP contribution in [-0.2, 0) is 17.1 Å². The molecule has 1 fully saturated rings. The van der Waals surface area contributed by atoms with Gasteiger partial charge >= 0.3 is 24.6 Å². The second-order valence-corrected chi connectivity index (χ2v) is 11.8. The molecule has 2 atom stereocenters. The fourth-order valence-corrected chi connectivity index (χ4v) is 5.61. The molecule has 2 aliphatic rings. The number of ether oxygens (including phenoxy) is 3. The Balaban J connectivity index is 1.74. The lowest BCUT2D eigenvalue weighted by molar-refractivity contribution is -0.153. The van der Waals surface area contributed by atoms with Gasteiger partial charge in [-0.25, -0.2) is 9.18 Å². The molecule has 0 N–H and O–H groups in total. The number of methoxy groups -OCH3 is 1. The second-order valence-electron chi connectivity index (χ2n) is 11.8. The van der Waals surface area contributed by atoms with E-state index in [1.807, 2.05) is 13.8 Å². The van der Waals surface area contributed by atoms with E-state index in [2.05, 4.69) is 4.74 Å². The molecule has 0 aromatic heterocycles. The van der Waals surface area contributed by atoms with Gasteiger partial charge in [0.25, 0.3) is 0 Å². The van der Waals surface area contributed by atoms with E-state index in [0.717, 1.165) is 17.0 Å². The topological polar surface area (TPSA) is 48.0 Å². The number of alkyl halides is 9. The fourth-order valence-electron chi connectivity index (χ4n) is 5.61. The number of carbonyl (C=O) groups is 1. The summed E-state index contributed by atoms with van der Waals surface area (Å²) in [5, 5.41) is 0. The first kappa shape index (κ1) is 34.2. The van der Waals surface area contributed by atoms with Gasteiger partial charge in [0, 0.05) is 18.2 Å². The average molecular weight is 658 g/mol. The first-order valence-electron chi connectivity index (χ1n) is 13.6. The number of hydrogen-bond donors (Lipinski definition) is 0. The predicted molar refractivity (Wildman–Crippen MR) is 141 cm³/mol. The summed E-state index contributed by atoms with van der Waals surface area (Å²) in [6.07, 6.45) is -16.2. The third-order valence-corrected chi connectivity index (χ3v) is 7.83. The third kappa shape index (κ3) is 7.78. The number of amides is 1. The van der Waals surface area contributed by atoms with Crippen LogP contribution in [0, 0.1) is 11.2 Å². The smallest absolute Gasteiger partial charge is 0.422 e. The summed E-state index contributed by atoms with van der Waals surface area (Å²) in [5.41, 5.74) is -2.64. The number of nitrogens with zero attached hydrogens (tertiary/aromatic N) is 1. The number of rotatable bonds is 7. The molecular weight excluding hydrogens is 628 g/mol. The number of allylic oxidation sites excluding steroid dienone is 1. The number of benzene rings is 2. The van der Waals surface area contributed by atoms with Crippen LogP contribution in [0.5, 0.6) is 11.5 Å². The molecule has 0 saturated carbocycles. The summed E-state index contributed by atoms with van der Waals surface area (Å²) in [7, 11) is 1.23. The Kier molecular flexibility index (Phi) is 9.08. The lowest BCUT2D eigenvalue weighted by atomic mass is 9.72. The van der Waals surface area contributed by atoms with Gasteiger partial charge in [-0.15, -0.1) is 0 Å². The van der Waals surface area contributed by atoms with Crippen molar-refractivity contribution in [1.82, 2.24) is 4.90 Å². The SMILES string of the molecule is COc1cc(F)c(OCC(F)(F)F)cc1C1=C(CN2C(=O)O[C@H](c3cc(C(F)(F)F)cc(C(F)(F)F)c3)[C@@H]2C)CC(C)(C)CC1. The Morgan fingerprint density at radius 2 is 1.53 bits per heavy atom. The maximum Gasteiger partial charge on any atom is 0.422 e. The quantitative estimate of drug-likeness (QED) is 0.279. The van der Waals surface area contributed by atoms with Crippen LogP contribution in [-0.4, -0.2) is 43.5 Å². The van der Waals surface area contributed by atoms with E-state index in [4.69, 9.17) is 9.47 Å². The predicted octanol–water partition coefficient (Wildman–Crippen LogP) is 9.36. The largest absolute Gasteiger partial charge is 0.496 e. The standard InChI is InChI=1S/C30H29F10NO4/c1-15-25(16-7-18(29(35,36)37)9-19(8-16)30(38,39)40)45-26(42)41(15)13-17-12-27(2,3)6-5-20(17)21-10-24(44-14-28(32,33)34)22(31)11-23(21)43-4/h7-11,15,25H,5-6,12-14H2,1-4H3/t15-,25-/m0/s1. The monoisotopic (exact) mass is 657 g/mol. The number of hydrogen-bond acceptors (Lipinski definition) is 4. The summed E-state index contributed by atoms with van der Waals surface area (Å²) >= 11 is 0. The van der Waals surface area contributed by atoms with Gasteiger partial charge in [0.2, 0.25) is 0 Å². The van der Waals surface area contributed by atoms with Crippen molar-refractivity contribution in [2.24, 2.45) is 5.41 Å². The molecule has 1 aliphatic carbocycles. The molecule has 5 nitrogen and oxygen atoms in total. The van der Waals surface area contributed by atoms with Gasteiger partial charge in [0.1, 0.15) is 11.9 Å². The highest BCUT2D eigenvalue weighted by molar-refractivity contribution is 5.77. The Labute approximate surface area is 251 Å². The molecule has 45 heavy (non-hydrogen) atoms. The first-order chi connectivity index (χ1) is 20.6. The van der Waals surface area contributed by atoms with Crippen molar-refractivity contribution in [1.29, 1.82) is 0 Å². The van der Waals surface area contributed by atoms with Crippen molar-refractivity contribution in [3.63, 3.8) is 0 Å². The van der Waals surface area contributed by atoms with Crippen molar-refractivity contribution in [3.8, 4) is 11.5 Å². The molecule has 1 heterocycles. The highest BCUT2D eigenvalue weighted by Gasteiger charge is 2.44.